The van der Waals surface area contributed by atoms with Crippen molar-refractivity contribution in [3.8, 4) is 11.3 Å². The molecule has 1 atom stereocenters. The number of carboxylic acid groups (broad SMARTS) is 1. The Labute approximate surface area is 233 Å². The van der Waals surface area contributed by atoms with Crippen molar-refractivity contribution in [3.05, 3.63) is 94.6 Å². The number of aromatic nitrogens is 2. The van der Waals surface area contributed by atoms with E-state index in [4.69, 9.17) is 26.7 Å². The molecule has 0 aliphatic carbocycles. The number of amides is 1. The van der Waals surface area contributed by atoms with Crippen LogP contribution in [0.4, 0.5) is 0 Å². The van der Waals surface area contributed by atoms with E-state index in [0.29, 0.717) is 47.4 Å². The van der Waals surface area contributed by atoms with Gasteiger partial charge in [0, 0.05) is 42.2 Å². The van der Waals surface area contributed by atoms with Crippen LogP contribution < -0.4 is 0 Å². The van der Waals surface area contributed by atoms with Crippen molar-refractivity contribution in [2.45, 2.75) is 31.7 Å². The topological polar surface area (TPSA) is 86.6 Å². The number of carbonyl (C=O) groups excluding carboxylic acids is 1. The van der Waals surface area contributed by atoms with Crippen LogP contribution in [0.3, 0.4) is 0 Å². The summed E-state index contributed by atoms with van der Waals surface area (Å²) in [6.07, 6.45) is 1.92. The molecule has 0 bridgehead atoms. The Bertz CT molecular complexity index is 1480. The number of unbranched alkanes of at least 4 members (excludes halogenated alkanes) is 1. The van der Waals surface area contributed by atoms with Crippen molar-refractivity contribution >= 4 is 34.5 Å². The van der Waals surface area contributed by atoms with Crippen LogP contribution in [0.5, 0.6) is 0 Å². The normalized spacial score (nSPS) is 15.9. The number of aliphatic carboxylic acids is 1. The zero-order chi connectivity index (χ0) is 27.4. The Morgan fingerprint density at radius 2 is 1.72 bits per heavy atom. The second kappa shape index (κ2) is 11.9. The molecule has 8 heteroatoms. The molecule has 1 aromatic heterocycles. The molecule has 1 aliphatic heterocycles. The predicted molar refractivity (Wildman–Crippen MR) is 153 cm³/mol. The summed E-state index contributed by atoms with van der Waals surface area (Å²) in [5.74, 6) is -0.830. The summed E-state index contributed by atoms with van der Waals surface area (Å²) in [7, 11) is 2.08. The number of piperazine rings is 1. The number of carbonyl (C=O) groups is 2. The SMILES string of the molecule is CN1CCN(C(=O)c2ccc3nc(-c4ccc(Cl)cc4)c(CCCCC(=O)O)nc3c2)C(c2ccccc2)C1. The van der Waals surface area contributed by atoms with E-state index >= 15 is 0 Å². The lowest BCUT2D eigenvalue weighted by Gasteiger charge is -2.40. The van der Waals surface area contributed by atoms with E-state index in [0.717, 1.165) is 35.6 Å². The molecule has 3 aromatic carbocycles. The van der Waals surface area contributed by atoms with Crippen LogP contribution in [0.1, 0.15) is 46.9 Å². The van der Waals surface area contributed by atoms with Gasteiger partial charge in [-0.3, -0.25) is 9.59 Å². The van der Waals surface area contributed by atoms with E-state index in [9.17, 15) is 9.59 Å². The van der Waals surface area contributed by atoms with Crippen LogP contribution in [0, 0.1) is 0 Å². The maximum Gasteiger partial charge on any atom is 0.303 e. The Morgan fingerprint density at radius 3 is 2.46 bits per heavy atom. The Balaban J connectivity index is 1.48. The fourth-order valence-corrected chi connectivity index (χ4v) is 5.22. The Kier molecular flexibility index (Phi) is 8.19. The zero-order valence-electron chi connectivity index (χ0n) is 21.9. The second-order valence-electron chi connectivity index (χ2n) is 10.0. The second-order valence-corrected chi connectivity index (χ2v) is 10.5. The van der Waals surface area contributed by atoms with Gasteiger partial charge in [0.25, 0.3) is 5.91 Å². The maximum atomic E-state index is 13.8. The molecule has 1 saturated heterocycles. The summed E-state index contributed by atoms with van der Waals surface area (Å²) >= 11 is 6.10. The highest BCUT2D eigenvalue weighted by Crippen LogP contribution is 2.29. The fraction of sp³-hybridized carbons (Fsp3) is 0.290. The summed E-state index contributed by atoms with van der Waals surface area (Å²) in [4.78, 5) is 38.9. The van der Waals surface area contributed by atoms with E-state index < -0.39 is 5.97 Å². The van der Waals surface area contributed by atoms with Gasteiger partial charge in [0.05, 0.1) is 28.5 Å². The third-order valence-corrected chi connectivity index (χ3v) is 7.44. The lowest BCUT2D eigenvalue weighted by Crippen LogP contribution is -2.49. The lowest BCUT2D eigenvalue weighted by molar-refractivity contribution is -0.137. The minimum atomic E-state index is -0.807. The number of rotatable bonds is 8. The first-order valence-electron chi connectivity index (χ1n) is 13.2. The van der Waals surface area contributed by atoms with Gasteiger partial charge in [-0.2, -0.15) is 0 Å². The smallest absolute Gasteiger partial charge is 0.303 e. The number of hydrogen-bond acceptors (Lipinski definition) is 5. The molecule has 0 spiro atoms. The van der Waals surface area contributed by atoms with E-state index in [-0.39, 0.29) is 18.4 Å². The van der Waals surface area contributed by atoms with Crippen molar-refractivity contribution in [1.29, 1.82) is 0 Å². The van der Waals surface area contributed by atoms with Crippen LogP contribution >= 0.6 is 11.6 Å². The lowest BCUT2D eigenvalue weighted by atomic mass is 10.0. The molecular weight excluding hydrogens is 512 g/mol. The average molecular weight is 543 g/mol. The largest absolute Gasteiger partial charge is 0.481 e. The van der Waals surface area contributed by atoms with Gasteiger partial charge >= 0.3 is 5.97 Å². The first-order valence-corrected chi connectivity index (χ1v) is 13.6. The van der Waals surface area contributed by atoms with Gasteiger partial charge < -0.3 is 14.9 Å². The molecule has 1 aliphatic rings. The van der Waals surface area contributed by atoms with Crippen LogP contribution in [0.2, 0.25) is 5.02 Å². The van der Waals surface area contributed by atoms with Crippen molar-refractivity contribution in [1.82, 2.24) is 19.8 Å². The molecular formula is C31H31ClN4O3. The Morgan fingerprint density at radius 1 is 0.949 bits per heavy atom. The zero-order valence-corrected chi connectivity index (χ0v) is 22.6. The number of hydrogen-bond donors (Lipinski definition) is 1. The van der Waals surface area contributed by atoms with Crippen LogP contribution in [0.15, 0.2) is 72.8 Å². The number of benzene rings is 3. The van der Waals surface area contributed by atoms with Gasteiger partial charge in [-0.25, -0.2) is 9.97 Å². The quantitative estimate of drug-likeness (QED) is 0.280. The number of fused-ring (bicyclic) bond motifs is 1. The molecule has 39 heavy (non-hydrogen) atoms. The molecule has 5 rings (SSSR count). The van der Waals surface area contributed by atoms with Crippen molar-refractivity contribution in [2.24, 2.45) is 0 Å². The minimum Gasteiger partial charge on any atom is -0.481 e. The summed E-state index contributed by atoms with van der Waals surface area (Å²) in [5, 5.41) is 9.66. The summed E-state index contributed by atoms with van der Waals surface area (Å²) in [5.41, 5.74) is 5.47. The number of nitrogens with zero attached hydrogens (tertiary/aromatic N) is 4. The predicted octanol–water partition coefficient (Wildman–Crippen LogP) is 5.88. The monoisotopic (exact) mass is 542 g/mol. The van der Waals surface area contributed by atoms with Gasteiger partial charge in [0.1, 0.15) is 0 Å². The van der Waals surface area contributed by atoms with Crippen LogP contribution in [-0.4, -0.2) is 63.4 Å². The third-order valence-electron chi connectivity index (χ3n) is 7.18. The van der Waals surface area contributed by atoms with E-state index in [1.807, 2.05) is 65.6 Å². The van der Waals surface area contributed by atoms with Gasteiger partial charge in [-0.05, 0) is 62.2 Å². The van der Waals surface area contributed by atoms with E-state index in [1.165, 1.54) is 0 Å². The van der Waals surface area contributed by atoms with Gasteiger partial charge in [-0.1, -0.05) is 54.1 Å². The average Bonchev–Trinajstić information content (AvgIpc) is 2.95. The van der Waals surface area contributed by atoms with Crippen molar-refractivity contribution < 1.29 is 14.7 Å². The standard InChI is InChI=1S/C31H31ClN4O3/c1-35-17-18-36(28(20-35)21-7-3-2-4-8-21)31(39)23-13-16-25-27(19-23)33-26(9-5-6-10-29(37)38)30(34-25)22-11-14-24(32)15-12-22/h2-4,7-8,11-16,19,28H,5-6,9-10,17-18,20H2,1H3,(H,37,38). The molecule has 1 N–H and O–H groups in total. The Hall–Kier alpha value is -3.81. The molecule has 200 valence electrons. The molecule has 7 nitrogen and oxygen atoms in total. The fourth-order valence-electron chi connectivity index (χ4n) is 5.09. The number of halogens is 1. The highest BCUT2D eigenvalue weighted by atomic mass is 35.5. The number of carboxylic acids is 1. The van der Waals surface area contributed by atoms with Gasteiger partial charge in [0.2, 0.25) is 0 Å². The van der Waals surface area contributed by atoms with Crippen molar-refractivity contribution in [2.75, 3.05) is 26.7 Å². The van der Waals surface area contributed by atoms with Crippen molar-refractivity contribution in [3.63, 3.8) is 0 Å². The van der Waals surface area contributed by atoms with E-state index in [2.05, 4.69) is 24.1 Å². The molecule has 2 heterocycles. The maximum absolute atomic E-state index is 13.8. The third kappa shape index (κ3) is 6.27. The number of likely N-dealkylation sites (N-methyl/N-ethyl adjacent to an activating group) is 1. The molecule has 0 radical (unpaired) electrons. The highest BCUT2D eigenvalue weighted by molar-refractivity contribution is 6.30. The molecule has 4 aromatic rings. The van der Waals surface area contributed by atoms with E-state index in [1.54, 1.807) is 0 Å². The first-order chi connectivity index (χ1) is 18.9. The summed E-state index contributed by atoms with van der Waals surface area (Å²) < 4.78 is 0. The first kappa shape index (κ1) is 26.8. The van der Waals surface area contributed by atoms with Crippen LogP contribution in [-0.2, 0) is 11.2 Å². The molecule has 0 saturated carbocycles. The summed E-state index contributed by atoms with van der Waals surface area (Å²) in [6.45, 7) is 2.23. The molecule has 1 amide bonds. The number of aryl methyl sites for hydroxylation is 1. The molecule has 1 unspecified atom stereocenters. The minimum absolute atomic E-state index is 0.0227. The van der Waals surface area contributed by atoms with Crippen LogP contribution in [0.25, 0.3) is 22.3 Å². The summed E-state index contributed by atoms with van der Waals surface area (Å²) in [6, 6.07) is 23.1. The highest BCUT2D eigenvalue weighted by Gasteiger charge is 2.31. The van der Waals surface area contributed by atoms with Gasteiger partial charge in [0.15, 0.2) is 0 Å². The van der Waals surface area contributed by atoms with Gasteiger partial charge in [-0.15, -0.1) is 0 Å². The molecule has 1 fully saturated rings.